The molecule has 0 amide bonds. The molecular weight excluding hydrogens is 302 g/mol. The lowest BCUT2D eigenvalue weighted by atomic mass is 9.90. The Morgan fingerprint density at radius 3 is 2.37 bits per heavy atom. The lowest BCUT2D eigenvalue weighted by Crippen LogP contribution is -2.10. The molecule has 0 aliphatic heterocycles. The van der Waals surface area contributed by atoms with E-state index < -0.39 is 0 Å². The molecule has 2 nitrogen and oxygen atoms in total. The number of Topliss-reactive ketones (excluding diaryl/α,β-unsaturated/α-hetero) is 1. The summed E-state index contributed by atoms with van der Waals surface area (Å²) in [7, 11) is 4.08. The molecule has 2 aliphatic carbocycles. The number of carbonyl (C=O) groups is 1. The number of nitrogens with zero attached hydrogens (tertiary/aromatic N) is 1. The van der Waals surface area contributed by atoms with Gasteiger partial charge in [0.15, 0.2) is 5.78 Å². The van der Waals surface area contributed by atoms with E-state index >= 15 is 0 Å². The molecule has 0 aromatic heterocycles. The molecule has 100 valence electrons. The van der Waals surface area contributed by atoms with Gasteiger partial charge in [-0.3, -0.25) is 4.79 Å². The fraction of sp³-hybridized carbons (Fsp3) is 0.438. The molecule has 0 saturated heterocycles. The number of carbonyl (C=O) groups excluding carboxylic acids is 1. The van der Waals surface area contributed by atoms with Gasteiger partial charge in [0, 0.05) is 25.7 Å². The van der Waals surface area contributed by atoms with E-state index in [4.69, 9.17) is 0 Å². The summed E-state index contributed by atoms with van der Waals surface area (Å²) in [4.78, 5) is 14.3. The summed E-state index contributed by atoms with van der Waals surface area (Å²) >= 11 is 3.53. The minimum Gasteiger partial charge on any atom is -0.378 e. The summed E-state index contributed by atoms with van der Waals surface area (Å²) in [6.07, 6.45) is 3.38. The van der Waals surface area contributed by atoms with Crippen molar-refractivity contribution in [2.75, 3.05) is 19.0 Å². The molecule has 1 aromatic rings. The first kappa shape index (κ1) is 12.9. The van der Waals surface area contributed by atoms with Crippen molar-refractivity contribution in [3.63, 3.8) is 0 Å². The van der Waals surface area contributed by atoms with Crippen LogP contribution in [0.25, 0.3) is 5.57 Å². The summed E-state index contributed by atoms with van der Waals surface area (Å²) in [5, 5.41) is 0. The maximum absolute atomic E-state index is 12.2. The van der Waals surface area contributed by atoms with E-state index in [0.717, 1.165) is 17.3 Å². The zero-order valence-corrected chi connectivity index (χ0v) is 12.9. The molecular formula is C16H18BrNO. The number of allylic oxidation sites excluding steroid dienone is 2. The summed E-state index contributed by atoms with van der Waals surface area (Å²) in [6.45, 7) is 0. The Bertz CT molecular complexity index is 544. The van der Waals surface area contributed by atoms with E-state index in [9.17, 15) is 4.79 Å². The third-order valence-corrected chi connectivity index (χ3v) is 5.19. The Labute approximate surface area is 122 Å². The van der Waals surface area contributed by atoms with Crippen molar-refractivity contribution >= 4 is 33.0 Å². The van der Waals surface area contributed by atoms with E-state index in [1.54, 1.807) is 0 Å². The van der Waals surface area contributed by atoms with Crippen molar-refractivity contribution in [3.05, 3.63) is 34.3 Å². The van der Waals surface area contributed by atoms with Crippen LogP contribution in [0.15, 0.2) is 28.7 Å². The van der Waals surface area contributed by atoms with Crippen LogP contribution in [0.3, 0.4) is 0 Å². The van der Waals surface area contributed by atoms with Crippen molar-refractivity contribution < 1.29 is 4.79 Å². The standard InChI is InChI=1S/C16H18BrNO/c1-18(2)11-8-6-10(7-9-11)14-12-4-3-5-13(12)16(19)15(14)17/h6-9,12-13H,3-5H2,1-2H3. The highest BCUT2D eigenvalue weighted by atomic mass is 79.9. The van der Waals surface area contributed by atoms with E-state index in [1.165, 1.54) is 23.2 Å². The molecule has 0 N–H and O–H groups in total. The van der Waals surface area contributed by atoms with E-state index in [-0.39, 0.29) is 5.92 Å². The van der Waals surface area contributed by atoms with Gasteiger partial charge >= 0.3 is 0 Å². The van der Waals surface area contributed by atoms with Crippen molar-refractivity contribution in [2.24, 2.45) is 11.8 Å². The van der Waals surface area contributed by atoms with Crippen LogP contribution in [-0.2, 0) is 4.79 Å². The highest BCUT2D eigenvalue weighted by Gasteiger charge is 2.43. The Morgan fingerprint density at radius 1 is 1.11 bits per heavy atom. The van der Waals surface area contributed by atoms with E-state index in [0.29, 0.717) is 11.7 Å². The van der Waals surface area contributed by atoms with Crippen LogP contribution in [-0.4, -0.2) is 19.9 Å². The van der Waals surface area contributed by atoms with Crippen LogP contribution in [0.1, 0.15) is 24.8 Å². The predicted molar refractivity (Wildman–Crippen MR) is 82.5 cm³/mol. The lowest BCUT2D eigenvalue weighted by molar-refractivity contribution is -0.118. The van der Waals surface area contributed by atoms with Gasteiger partial charge in [0.1, 0.15) is 0 Å². The number of rotatable bonds is 2. The molecule has 2 aliphatic rings. The molecule has 3 rings (SSSR count). The van der Waals surface area contributed by atoms with Crippen LogP contribution in [0.5, 0.6) is 0 Å². The molecule has 1 saturated carbocycles. The quantitative estimate of drug-likeness (QED) is 0.825. The SMILES string of the molecule is CN(C)c1ccc(C2=C(Br)C(=O)C3CCCC23)cc1. The van der Waals surface area contributed by atoms with Crippen molar-refractivity contribution in [3.8, 4) is 0 Å². The fourth-order valence-corrected chi connectivity index (χ4v) is 4.17. The van der Waals surface area contributed by atoms with Gasteiger partial charge in [-0.25, -0.2) is 0 Å². The van der Waals surface area contributed by atoms with Crippen LogP contribution in [0.4, 0.5) is 5.69 Å². The Morgan fingerprint density at radius 2 is 1.74 bits per heavy atom. The molecule has 0 radical (unpaired) electrons. The third-order valence-electron chi connectivity index (χ3n) is 4.37. The number of halogens is 1. The van der Waals surface area contributed by atoms with Crippen molar-refractivity contribution in [1.29, 1.82) is 0 Å². The van der Waals surface area contributed by atoms with Crippen LogP contribution in [0, 0.1) is 11.8 Å². The van der Waals surface area contributed by atoms with Crippen LogP contribution >= 0.6 is 15.9 Å². The Hall–Kier alpha value is -1.09. The zero-order valence-electron chi connectivity index (χ0n) is 11.3. The smallest absolute Gasteiger partial charge is 0.173 e. The van der Waals surface area contributed by atoms with Gasteiger partial charge in [-0.2, -0.15) is 0 Å². The van der Waals surface area contributed by atoms with Gasteiger partial charge in [-0.05, 0) is 58.0 Å². The largest absolute Gasteiger partial charge is 0.378 e. The number of ketones is 1. The first-order valence-electron chi connectivity index (χ1n) is 6.81. The second-order valence-electron chi connectivity index (χ2n) is 5.68. The normalized spacial score (nSPS) is 25.9. The molecule has 2 atom stereocenters. The molecule has 1 fully saturated rings. The molecule has 1 aromatic carbocycles. The first-order chi connectivity index (χ1) is 9.09. The van der Waals surface area contributed by atoms with Gasteiger partial charge in [-0.15, -0.1) is 0 Å². The minimum absolute atomic E-state index is 0.234. The van der Waals surface area contributed by atoms with Gasteiger partial charge < -0.3 is 4.90 Å². The number of anilines is 1. The third kappa shape index (κ3) is 2.04. The lowest BCUT2D eigenvalue weighted by Gasteiger charge is -2.16. The maximum atomic E-state index is 12.2. The molecule has 3 heteroatoms. The predicted octanol–water partition coefficient (Wildman–Crippen LogP) is 3.86. The van der Waals surface area contributed by atoms with Gasteiger partial charge in [0.25, 0.3) is 0 Å². The number of hydrogen-bond donors (Lipinski definition) is 0. The fourth-order valence-electron chi connectivity index (χ4n) is 3.36. The monoisotopic (exact) mass is 319 g/mol. The average molecular weight is 320 g/mol. The Balaban J connectivity index is 1.99. The highest BCUT2D eigenvalue weighted by Crippen LogP contribution is 2.51. The highest BCUT2D eigenvalue weighted by molar-refractivity contribution is 9.12. The first-order valence-corrected chi connectivity index (χ1v) is 7.60. The Kier molecular flexibility index (Phi) is 3.25. The molecule has 19 heavy (non-hydrogen) atoms. The van der Waals surface area contributed by atoms with Crippen LogP contribution in [0.2, 0.25) is 0 Å². The van der Waals surface area contributed by atoms with E-state index in [2.05, 4.69) is 45.1 Å². The van der Waals surface area contributed by atoms with Gasteiger partial charge in [-0.1, -0.05) is 18.6 Å². The van der Waals surface area contributed by atoms with Crippen molar-refractivity contribution in [2.45, 2.75) is 19.3 Å². The minimum atomic E-state index is 0.234. The number of benzene rings is 1. The molecule has 0 bridgehead atoms. The molecule has 0 heterocycles. The van der Waals surface area contributed by atoms with Crippen molar-refractivity contribution in [1.82, 2.24) is 0 Å². The second kappa shape index (κ2) is 4.78. The summed E-state index contributed by atoms with van der Waals surface area (Å²) < 4.78 is 0.819. The van der Waals surface area contributed by atoms with E-state index in [1.807, 2.05) is 14.1 Å². The summed E-state index contributed by atoms with van der Waals surface area (Å²) in [5.74, 6) is 0.985. The molecule has 0 spiro atoms. The van der Waals surface area contributed by atoms with Crippen LogP contribution < -0.4 is 4.90 Å². The summed E-state index contributed by atoms with van der Waals surface area (Å²) in [5.41, 5.74) is 3.62. The number of fused-ring (bicyclic) bond motifs is 1. The molecule has 2 unspecified atom stereocenters. The maximum Gasteiger partial charge on any atom is 0.173 e. The van der Waals surface area contributed by atoms with Gasteiger partial charge in [0.2, 0.25) is 0 Å². The number of hydrogen-bond acceptors (Lipinski definition) is 2. The zero-order chi connectivity index (χ0) is 13.6. The summed E-state index contributed by atoms with van der Waals surface area (Å²) in [6, 6.07) is 8.52. The van der Waals surface area contributed by atoms with Gasteiger partial charge in [0.05, 0.1) is 4.48 Å². The topological polar surface area (TPSA) is 20.3 Å². The second-order valence-corrected chi connectivity index (χ2v) is 6.47. The average Bonchev–Trinajstić information content (AvgIpc) is 2.95.